The SMILES string of the molecule is CCOc1ccc(NC(=O)CC(=O)NN=Cc2ccc(OCc3ccc(C)cc3)c(Br)c2)cc1. The summed E-state index contributed by atoms with van der Waals surface area (Å²) in [6.45, 7) is 4.96. The highest BCUT2D eigenvalue weighted by atomic mass is 79.9. The maximum absolute atomic E-state index is 12.1. The van der Waals surface area contributed by atoms with Crippen molar-refractivity contribution < 1.29 is 19.1 Å². The smallest absolute Gasteiger partial charge is 0.249 e. The van der Waals surface area contributed by atoms with Gasteiger partial charge in [0.15, 0.2) is 0 Å². The van der Waals surface area contributed by atoms with Crippen molar-refractivity contribution in [2.45, 2.75) is 26.9 Å². The second-order valence-electron chi connectivity index (χ2n) is 7.44. The number of amides is 2. The van der Waals surface area contributed by atoms with E-state index in [0.717, 1.165) is 15.6 Å². The van der Waals surface area contributed by atoms with Gasteiger partial charge in [0, 0.05) is 5.69 Å². The van der Waals surface area contributed by atoms with Gasteiger partial charge in [-0.25, -0.2) is 5.43 Å². The topological polar surface area (TPSA) is 89.0 Å². The normalized spacial score (nSPS) is 10.7. The summed E-state index contributed by atoms with van der Waals surface area (Å²) in [5.74, 6) is 0.462. The van der Waals surface area contributed by atoms with Crippen molar-refractivity contribution in [1.29, 1.82) is 0 Å². The van der Waals surface area contributed by atoms with Crippen molar-refractivity contribution in [3.63, 3.8) is 0 Å². The number of carbonyl (C=O) groups excluding carboxylic acids is 2. The first-order chi connectivity index (χ1) is 16.4. The minimum atomic E-state index is -0.517. The highest BCUT2D eigenvalue weighted by molar-refractivity contribution is 9.10. The van der Waals surface area contributed by atoms with Crippen molar-refractivity contribution in [2.24, 2.45) is 5.10 Å². The molecule has 0 fully saturated rings. The molecular weight excluding hydrogens is 498 g/mol. The molecule has 0 unspecified atom stereocenters. The Kier molecular flexibility index (Phi) is 9.22. The molecule has 2 amide bonds. The number of benzene rings is 3. The number of hydrazone groups is 1. The van der Waals surface area contributed by atoms with Crippen molar-refractivity contribution in [1.82, 2.24) is 5.43 Å². The monoisotopic (exact) mass is 523 g/mol. The Morgan fingerprint density at radius 1 is 0.971 bits per heavy atom. The Labute approximate surface area is 207 Å². The summed E-state index contributed by atoms with van der Waals surface area (Å²) in [7, 11) is 0. The zero-order valence-corrected chi connectivity index (χ0v) is 20.6. The molecule has 0 saturated heterocycles. The number of carbonyl (C=O) groups is 2. The summed E-state index contributed by atoms with van der Waals surface area (Å²) in [6.07, 6.45) is 1.15. The summed E-state index contributed by atoms with van der Waals surface area (Å²) in [5, 5.41) is 6.59. The number of ether oxygens (including phenoxy) is 2. The van der Waals surface area contributed by atoms with Gasteiger partial charge in [0.05, 0.1) is 17.3 Å². The Morgan fingerprint density at radius 3 is 2.38 bits per heavy atom. The van der Waals surface area contributed by atoms with Gasteiger partial charge in [-0.15, -0.1) is 0 Å². The van der Waals surface area contributed by atoms with Crippen molar-refractivity contribution in [3.8, 4) is 11.5 Å². The first kappa shape index (κ1) is 25.0. The van der Waals surface area contributed by atoms with Crippen LogP contribution in [-0.4, -0.2) is 24.6 Å². The number of nitrogens with zero attached hydrogens (tertiary/aromatic N) is 1. The fourth-order valence-electron chi connectivity index (χ4n) is 2.93. The average Bonchev–Trinajstić information content (AvgIpc) is 2.81. The quantitative estimate of drug-likeness (QED) is 0.216. The summed E-state index contributed by atoms with van der Waals surface area (Å²) in [6, 6.07) is 20.6. The molecule has 7 nitrogen and oxygen atoms in total. The van der Waals surface area contributed by atoms with E-state index in [0.29, 0.717) is 30.4 Å². The maximum atomic E-state index is 12.1. The van der Waals surface area contributed by atoms with Crippen LogP contribution >= 0.6 is 15.9 Å². The van der Waals surface area contributed by atoms with E-state index in [1.54, 1.807) is 24.3 Å². The number of nitrogens with one attached hydrogen (secondary N) is 2. The lowest BCUT2D eigenvalue weighted by molar-refractivity contribution is -0.126. The van der Waals surface area contributed by atoms with Gasteiger partial charge in [0.1, 0.15) is 24.5 Å². The summed E-state index contributed by atoms with van der Waals surface area (Å²) < 4.78 is 12.0. The van der Waals surface area contributed by atoms with Crippen molar-refractivity contribution in [2.75, 3.05) is 11.9 Å². The molecule has 8 heteroatoms. The minimum Gasteiger partial charge on any atom is -0.494 e. The van der Waals surface area contributed by atoms with Crippen LogP contribution in [0.15, 0.2) is 76.3 Å². The third-order valence-corrected chi connectivity index (χ3v) is 5.26. The number of hydrogen-bond acceptors (Lipinski definition) is 5. The first-order valence-electron chi connectivity index (χ1n) is 10.8. The van der Waals surface area contributed by atoms with Gasteiger partial charge < -0.3 is 14.8 Å². The Hall–Kier alpha value is -3.65. The summed E-state index contributed by atoms with van der Waals surface area (Å²) in [5.41, 5.74) is 5.99. The molecule has 3 rings (SSSR count). The van der Waals surface area contributed by atoms with Gasteiger partial charge in [-0.3, -0.25) is 9.59 Å². The molecule has 0 aliphatic heterocycles. The lowest BCUT2D eigenvalue weighted by Crippen LogP contribution is -2.24. The second-order valence-corrected chi connectivity index (χ2v) is 8.29. The first-order valence-corrected chi connectivity index (χ1v) is 11.5. The van der Waals surface area contributed by atoms with Crippen LogP contribution in [-0.2, 0) is 16.2 Å². The van der Waals surface area contributed by atoms with Crippen LogP contribution in [0.1, 0.15) is 30.0 Å². The van der Waals surface area contributed by atoms with Gasteiger partial charge in [0.25, 0.3) is 0 Å². The molecule has 2 N–H and O–H groups in total. The molecule has 0 aliphatic rings. The highest BCUT2D eigenvalue weighted by Crippen LogP contribution is 2.26. The van der Waals surface area contributed by atoms with Gasteiger partial charge in [-0.2, -0.15) is 5.10 Å². The molecule has 0 bridgehead atoms. The molecule has 34 heavy (non-hydrogen) atoms. The largest absolute Gasteiger partial charge is 0.494 e. The molecule has 3 aromatic rings. The van der Waals surface area contributed by atoms with Gasteiger partial charge in [0.2, 0.25) is 11.8 Å². The highest BCUT2D eigenvalue weighted by Gasteiger charge is 2.09. The molecule has 3 aromatic carbocycles. The van der Waals surface area contributed by atoms with Crippen LogP contribution < -0.4 is 20.2 Å². The van der Waals surface area contributed by atoms with Crippen LogP contribution in [0.5, 0.6) is 11.5 Å². The van der Waals surface area contributed by atoms with Gasteiger partial charge >= 0.3 is 0 Å². The molecule has 0 atom stereocenters. The van der Waals surface area contributed by atoms with E-state index >= 15 is 0 Å². The maximum Gasteiger partial charge on any atom is 0.249 e. The van der Waals surface area contributed by atoms with E-state index in [4.69, 9.17) is 9.47 Å². The number of aryl methyl sites for hydroxylation is 1. The zero-order valence-electron chi connectivity index (χ0n) is 19.0. The van der Waals surface area contributed by atoms with E-state index < -0.39 is 11.8 Å². The number of halogens is 1. The average molecular weight is 524 g/mol. The van der Waals surface area contributed by atoms with E-state index in [9.17, 15) is 9.59 Å². The Morgan fingerprint density at radius 2 is 1.71 bits per heavy atom. The molecule has 0 radical (unpaired) electrons. The number of rotatable bonds is 10. The van der Waals surface area contributed by atoms with Crippen LogP contribution in [0.25, 0.3) is 0 Å². The Bertz CT molecular complexity index is 1150. The summed E-state index contributed by atoms with van der Waals surface area (Å²) in [4.78, 5) is 24.1. The van der Waals surface area contributed by atoms with Crippen LogP contribution in [0.4, 0.5) is 5.69 Å². The standard InChI is InChI=1S/C26H26BrN3O4/c1-3-33-22-11-9-21(10-12-22)29-25(31)15-26(32)30-28-16-20-8-13-24(23(27)14-20)34-17-19-6-4-18(2)5-7-19/h4-14,16H,3,15,17H2,1-2H3,(H,29,31)(H,30,32). The van der Waals surface area contributed by atoms with Crippen LogP contribution in [0.2, 0.25) is 0 Å². The van der Waals surface area contributed by atoms with Crippen molar-refractivity contribution in [3.05, 3.63) is 87.9 Å². The third-order valence-electron chi connectivity index (χ3n) is 4.64. The van der Waals surface area contributed by atoms with Crippen molar-refractivity contribution >= 4 is 39.6 Å². The molecule has 0 heterocycles. The molecule has 176 valence electrons. The van der Waals surface area contributed by atoms with E-state index in [1.165, 1.54) is 11.8 Å². The fourth-order valence-corrected chi connectivity index (χ4v) is 3.44. The van der Waals surface area contributed by atoms with Gasteiger partial charge in [-0.1, -0.05) is 29.8 Å². The van der Waals surface area contributed by atoms with E-state index in [-0.39, 0.29) is 6.42 Å². The van der Waals surface area contributed by atoms with E-state index in [2.05, 4.69) is 31.8 Å². The number of hydrogen-bond donors (Lipinski definition) is 2. The fraction of sp³-hybridized carbons (Fsp3) is 0.192. The van der Waals surface area contributed by atoms with Crippen LogP contribution in [0.3, 0.4) is 0 Å². The van der Waals surface area contributed by atoms with Crippen LogP contribution in [0, 0.1) is 6.92 Å². The second kappa shape index (κ2) is 12.6. The zero-order chi connectivity index (χ0) is 24.3. The van der Waals surface area contributed by atoms with E-state index in [1.807, 2.05) is 56.3 Å². The lowest BCUT2D eigenvalue weighted by atomic mass is 10.2. The molecule has 0 aromatic heterocycles. The summed E-state index contributed by atoms with van der Waals surface area (Å²) >= 11 is 3.50. The minimum absolute atomic E-state index is 0.347. The predicted molar refractivity (Wildman–Crippen MR) is 136 cm³/mol. The molecule has 0 spiro atoms. The van der Waals surface area contributed by atoms with Gasteiger partial charge in [-0.05, 0) is 83.4 Å². The molecule has 0 aliphatic carbocycles. The predicted octanol–water partition coefficient (Wildman–Crippen LogP) is 5.21. The number of anilines is 1. The lowest BCUT2D eigenvalue weighted by Gasteiger charge is -2.09. The Balaban J connectivity index is 1.44. The molecule has 0 saturated carbocycles. The molecular formula is C26H26BrN3O4. The third kappa shape index (κ3) is 8.04.